The van der Waals surface area contributed by atoms with Gasteiger partial charge in [0.1, 0.15) is 10.6 Å². The Balaban J connectivity index is 1.77. The number of carbonyl (C=O) groups is 1. The molecule has 1 aliphatic heterocycles. The van der Waals surface area contributed by atoms with E-state index in [1.165, 1.54) is 17.5 Å². The first-order chi connectivity index (χ1) is 13.9. The van der Waals surface area contributed by atoms with E-state index < -0.39 is 10.0 Å². The van der Waals surface area contributed by atoms with E-state index in [9.17, 15) is 13.2 Å². The van der Waals surface area contributed by atoms with Crippen LogP contribution in [0.2, 0.25) is 0 Å². The quantitative estimate of drug-likeness (QED) is 0.672. The largest absolute Gasteiger partial charge is 0.495 e. The van der Waals surface area contributed by atoms with Gasteiger partial charge in [0.05, 0.1) is 26.7 Å². The fraction of sp³-hybridized carbons (Fsp3) is 0.350. The highest BCUT2D eigenvalue weighted by atomic mass is 32.2. The summed E-state index contributed by atoms with van der Waals surface area (Å²) in [6.45, 7) is 1.31. The molecule has 0 radical (unpaired) electrons. The molecule has 0 bridgehead atoms. The van der Waals surface area contributed by atoms with Gasteiger partial charge in [-0.25, -0.2) is 8.42 Å². The van der Waals surface area contributed by atoms with Crippen molar-refractivity contribution in [1.82, 2.24) is 4.31 Å². The first-order valence-electron chi connectivity index (χ1n) is 9.13. The molecule has 1 fully saturated rings. The van der Waals surface area contributed by atoms with Crippen molar-refractivity contribution >= 4 is 33.4 Å². The molecule has 7 nitrogen and oxygen atoms in total. The molecule has 2 aromatic rings. The van der Waals surface area contributed by atoms with E-state index in [1.807, 2.05) is 30.5 Å². The van der Waals surface area contributed by atoms with Gasteiger partial charge in [-0.15, -0.1) is 11.8 Å². The molecule has 1 heterocycles. The summed E-state index contributed by atoms with van der Waals surface area (Å²) in [5.41, 5.74) is 1.29. The maximum Gasteiger partial charge on any atom is 0.246 e. The molecule has 3 rings (SSSR count). The summed E-state index contributed by atoms with van der Waals surface area (Å²) >= 11 is 1.62. The summed E-state index contributed by atoms with van der Waals surface area (Å²) in [7, 11) is -2.31. The Morgan fingerprint density at radius 1 is 1.17 bits per heavy atom. The van der Waals surface area contributed by atoms with Crippen LogP contribution in [0.4, 0.5) is 5.69 Å². The number of nitrogens with one attached hydrogen (secondary N) is 1. The van der Waals surface area contributed by atoms with Crippen LogP contribution in [-0.2, 0) is 26.0 Å². The van der Waals surface area contributed by atoms with Crippen molar-refractivity contribution in [1.29, 1.82) is 0 Å². The maximum absolute atomic E-state index is 13.0. The molecule has 1 amide bonds. The van der Waals surface area contributed by atoms with Gasteiger partial charge in [-0.1, -0.05) is 6.07 Å². The monoisotopic (exact) mass is 436 g/mol. The van der Waals surface area contributed by atoms with Crippen LogP contribution in [0, 0.1) is 0 Å². The summed E-state index contributed by atoms with van der Waals surface area (Å²) in [6.07, 6.45) is 2.04. The number of ether oxygens (including phenoxy) is 2. The van der Waals surface area contributed by atoms with Crippen LogP contribution in [0.1, 0.15) is 5.56 Å². The highest BCUT2D eigenvalue weighted by Gasteiger charge is 2.29. The third-order valence-electron chi connectivity index (χ3n) is 4.55. The number of hydrogen-bond acceptors (Lipinski definition) is 6. The molecular weight excluding hydrogens is 412 g/mol. The minimum Gasteiger partial charge on any atom is -0.495 e. The molecule has 0 atom stereocenters. The summed E-state index contributed by atoms with van der Waals surface area (Å²) < 4.78 is 38.0. The molecule has 0 saturated carbocycles. The molecule has 0 spiro atoms. The van der Waals surface area contributed by atoms with Gasteiger partial charge < -0.3 is 14.8 Å². The zero-order valence-electron chi connectivity index (χ0n) is 16.4. The lowest BCUT2D eigenvalue weighted by atomic mass is 10.1. The summed E-state index contributed by atoms with van der Waals surface area (Å²) in [4.78, 5) is 13.6. The van der Waals surface area contributed by atoms with Crippen molar-refractivity contribution in [2.45, 2.75) is 16.2 Å². The Labute approximate surface area is 175 Å². The normalized spacial score (nSPS) is 15.1. The average molecular weight is 437 g/mol. The number of morpholine rings is 1. The number of carbonyl (C=O) groups excluding carboxylic acids is 1. The van der Waals surface area contributed by atoms with Crippen LogP contribution >= 0.6 is 11.8 Å². The molecule has 2 aromatic carbocycles. The molecule has 0 unspecified atom stereocenters. The van der Waals surface area contributed by atoms with E-state index in [0.29, 0.717) is 37.6 Å². The van der Waals surface area contributed by atoms with Gasteiger partial charge in [-0.05, 0) is 48.2 Å². The first-order valence-corrected chi connectivity index (χ1v) is 11.8. The van der Waals surface area contributed by atoms with E-state index >= 15 is 0 Å². The Morgan fingerprint density at radius 2 is 1.86 bits per heavy atom. The van der Waals surface area contributed by atoms with Crippen LogP contribution in [0.3, 0.4) is 0 Å². The van der Waals surface area contributed by atoms with Crippen molar-refractivity contribution in [2.24, 2.45) is 0 Å². The number of methoxy groups -OCH3 is 1. The molecular formula is C20H24N2O5S2. The number of nitrogens with zero attached hydrogens (tertiary/aromatic N) is 1. The number of benzene rings is 2. The average Bonchev–Trinajstić information content (AvgIpc) is 2.74. The van der Waals surface area contributed by atoms with Crippen LogP contribution in [0.15, 0.2) is 52.3 Å². The second kappa shape index (κ2) is 9.62. The summed E-state index contributed by atoms with van der Waals surface area (Å²) in [5, 5.41) is 2.84. The fourth-order valence-corrected chi connectivity index (χ4v) is 5.05. The predicted molar refractivity (Wildman–Crippen MR) is 113 cm³/mol. The van der Waals surface area contributed by atoms with E-state index in [2.05, 4.69) is 5.32 Å². The van der Waals surface area contributed by atoms with Gasteiger partial charge in [-0.3, -0.25) is 4.79 Å². The Kier molecular flexibility index (Phi) is 7.18. The lowest BCUT2D eigenvalue weighted by molar-refractivity contribution is -0.115. The topological polar surface area (TPSA) is 84.9 Å². The molecule has 9 heteroatoms. The lowest BCUT2D eigenvalue weighted by Crippen LogP contribution is -2.40. The van der Waals surface area contributed by atoms with E-state index in [0.717, 1.165) is 4.90 Å². The molecule has 0 aromatic heterocycles. The molecule has 1 N–H and O–H groups in total. The van der Waals surface area contributed by atoms with Gasteiger partial charge in [0.15, 0.2) is 0 Å². The van der Waals surface area contributed by atoms with Crippen LogP contribution in [0.25, 0.3) is 0 Å². The maximum atomic E-state index is 13.0. The number of hydrogen-bond donors (Lipinski definition) is 1. The highest BCUT2D eigenvalue weighted by Crippen LogP contribution is 2.28. The molecule has 29 heavy (non-hydrogen) atoms. The number of rotatable bonds is 7. The fourth-order valence-electron chi connectivity index (χ4n) is 3.02. The third kappa shape index (κ3) is 5.30. The highest BCUT2D eigenvalue weighted by molar-refractivity contribution is 7.98. The van der Waals surface area contributed by atoms with Crippen molar-refractivity contribution < 1.29 is 22.7 Å². The van der Waals surface area contributed by atoms with Gasteiger partial charge >= 0.3 is 0 Å². The standard InChI is InChI=1S/C20H24N2O5S2/c1-26-18-8-3-15(13-19(18)29(24,25)22-9-11-27-12-10-22)14-20(23)21-16-4-6-17(28-2)7-5-16/h3-8,13H,9-12,14H2,1-2H3,(H,21,23). The van der Waals surface area contributed by atoms with Crippen molar-refractivity contribution in [3.63, 3.8) is 0 Å². The van der Waals surface area contributed by atoms with Crippen LogP contribution < -0.4 is 10.1 Å². The van der Waals surface area contributed by atoms with Gasteiger partial charge in [-0.2, -0.15) is 4.31 Å². The van der Waals surface area contributed by atoms with Crippen molar-refractivity contribution in [3.8, 4) is 5.75 Å². The van der Waals surface area contributed by atoms with E-state index in [4.69, 9.17) is 9.47 Å². The van der Waals surface area contributed by atoms with Gasteiger partial charge in [0, 0.05) is 23.7 Å². The Bertz CT molecular complexity index is 955. The van der Waals surface area contributed by atoms with Crippen LogP contribution in [-0.4, -0.2) is 58.3 Å². The zero-order valence-corrected chi connectivity index (χ0v) is 18.0. The molecule has 0 aliphatic carbocycles. The second-order valence-electron chi connectivity index (χ2n) is 6.46. The third-order valence-corrected chi connectivity index (χ3v) is 7.22. The zero-order chi connectivity index (χ0) is 20.9. The second-order valence-corrected chi connectivity index (χ2v) is 9.24. The number of thioether (sulfide) groups is 1. The summed E-state index contributed by atoms with van der Waals surface area (Å²) in [5.74, 6) is 0.0371. The Morgan fingerprint density at radius 3 is 2.48 bits per heavy atom. The lowest BCUT2D eigenvalue weighted by Gasteiger charge is -2.26. The SMILES string of the molecule is COc1ccc(CC(=O)Nc2ccc(SC)cc2)cc1S(=O)(=O)N1CCOCC1. The smallest absolute Gasteiger partial charge is 0.246 e. The predicted octanol–water partition coefficient (Wildman–Crippen LogP) is 2.62. The van der Waals surface area contributed by atoms with Crippen molar-refractivity contribution in [2.75, 3.05) is 45.0 Å². The number of anilines is 1. The minimum atomic E-state index is -3.74. The van der Waals surface area contributed by atoms with E-state index in [1.54, 1.807) is 23.9 Å². The first kappa shape index (κ1) is 21.6. The molecule has 156 valence electrons. The van der Waals surface area contributed by atoms with Crippen molar-refractivity contribution in [3.05, 3.63) is 48.0 Å². The Hall–Kier alpha value is -2.07. The molecule has 1 aliphatic rings. The molecule has 1 saturated heterocycles. The minimum absolute atomic E-state index is 0.0555. The van der Waals surface area contributed by atoms with Gasteiger partial charge in [0.25, 0.3) is 0 Å². The number of amides is 1. The van der Waals surface area contributed by atoms with Crippen LogP contribution in [0.5, 0.6) is 5.75 Å². The summed E-state index contributed by atoms with van der Waals surface area (Å²) in [6, 6.07) is 12.3. The van der Waals surface area contributed by atoms with E-state index in [-0.39, 0.29) is 23.0 Å². The van der Waals surface area contributed by atoms with Gasteiger partial charge in [0.2, 0.25) is 15.9 Å². The number of sulfonamides is 1.